The zero-order chi connectivity index (χ0) is 18.0. The summed E-state index contributed by atoms with van der Waals surface area (Å²) in [7, 11) is 0. The predicted molar refractivity (Wildman–Crippen MR) is 97.0 cm³/mol. The summed E-state index contributed by atoms with van der Waals surface area (Å²) in [5.41, 5.74) is -0.404. The fourth-order valence-electron chi connectivity index (χ4n) is 2.01. The zero-order valence-electron chi connectivity index (χ0n) is 12.4. The molecule has 25 heavy (non-hydrogen) atoms. The van der Waals surface area contributed by atoms with E-state index in [1.165, 1.54) is 12.1 Å². The molecule has 0 aliphatic rings. The van der Waals surface area contributed by atoms with Crippen LogP contribution in [0.1, 0.15) is 20.7 Å². The number of benzene rings is 2. The standard InChI is InChI=1S/C16H9Cl2N3O3S/c17-11-7-3-1-5-9(11)13(22)19-15-20-16(24)21(25-15)14(23)10-6-2-4-8-12(10)18/h1-8H,(H,19,20,22,24). The number of carbonyl (C=O) groups excluding carboxylic acids is 2. The van der Waals surface area contributed by atoms with Crippen molar-refractivity contribution in [2.75, 3.05) is 5.32 Å². The molecule has 9 heteroatoms. The molecule has 0 saturated heterocycles. The van der Waals surface area contributed by atoms with Crippen molar-refractivity contribution in [2.45, 2.75) is 0 Å². The van der Waals surface area contributed by atoms with Gasteiger partial charge in [0, 0.05) is 0 Å². The molecule has 0 saturated carbocycles. The van der Waals surface area contributed by atoms with E-state index >= 15 is 0 Å². The number of amides is 1. The van der Waals surface area contributed by atoms with E-state index < -0.39 is 17.5 Å². The molecule has 126 valence electrons. The first-order valence-corrected chi connectivity index (χ1v) is 8.46. The van der Waals surface area contributed by atoms with E-state index in [0.29, 0.717) is 11.5 Å². The third-order valence-corrected chi connectivity index (χ3v) is 4.71. The van der Waals surface area contributed by atoms with Crippen molar-refractivity contribution in [3.63, 3.8) is 0 Å². The van der Waals surface area contributed by atoms with Crippen molar-refractivity contribution >= 4 is 51.7 Å². The highest BCUT2D eigenvalue weighted by Crippen LogP contribution is 2.20. The van der Waals surface area contributed by atoms with Gasteiger partial charge < -0.3 is 0 Å². The molecule has 6 nitrogen and oxygen atoms in total. The van der Waals surface area contributed by atoms with Crippen LogP contribution in [-0.2, 0) is 0 Å². The number of anilines is 1. The number of nitrogens with zero attached hydrogens (tertiary/aromatic N) is 2. The molecule has 1 N–H and O–H groups in total. The normalized spacial score (nSPS) is 10.5. The Morgan fingerprint density at radius 2 is 1.52 bits per heavy atom. The molecule has 1 heterocycles. The monoisotopic (exact) mass is 393 g/mol. The fraction of sp³-hybridized carbons (Fsp3) is 0. The lowest BCUT2D eigenvalue weighted by molar-refractivity contribution is 0.0966. The van der Waals surface area contributed by atoms with Crippen LogP contribution in [0.15, 0.2) is 53.3 Å². The van der Waals surface area contributed by atoms with Gasteiger partial charge in [-0.15, -0.1) is 0 Å². The Bertz CT molecular complexity index is 1030. The van der Waals surface area contributed by atoms with Crippen LogP contribution < -0.4 is 11.0 Å². The van der Waals surface area contributed by atoms with Crippen molar-refractivity contribution in [2.24, 2.45) is 0 Å². The Labute approximate surface area is 155 Å². The molecule has 0 bridgehead atoms. The van der Waals surface area contributed by atoms with Crippen molar-refractivity contribution in [1.82, 2.24) is 8.94 Å². The summed E-state index contributed by atoms with van der Waals surface area (Å²) >= 11 is 12.6. The Morgan fingerprint density at radius 1 is 0.960 bits per heavy atom. The lowest BCUT2D eigenvalue weighted by Crippen LogP contribution is -2.23. The highest BCUT2D eigenvalue weighted by molar-refractivity contribution is 7.11. The first kappa shape index (κ1) is 17.3. The minimum absolute atomic E-state index is 0.0182. The van der Waals surface area contributed by atoms with Gasteiger partial charge in [0.05, 0.1) is 21.2 Å². The Kier molecular flexibility index (Phi) is 4.98. The third kappa shape index (κ3) is 3.63. The van der Waals surface area contributed by atoms with Crippen molar-refractivity contribution in [1.29, 1.82) is 0 Å². The van der Waals surface area contributed by atoms with E-state index in [4.69, 9.17) is 23.2 Å². The Hall–Kier alpha value is -2.48. The lowest BCUT2D eigenvalue weighted by Gasteiger charge is -2.03. The van der Waals surface area contributed by atoms with Crippen LogP contribution >= 0.6 is 34.7 Å². The first-order chi connectivity index (χ1) is 12.0. The molecular formula is C16H9Cl2N3O3S. The van der Waals surface area contributed by atoms with Gasteiger partial charge in [-0.3, -0.25) is 14.9 Å². The molecule has 0 fully saturated rings. The van der Waals surface area contributed by atoms with E-state index in [1.54, 1.807) is 36.4 Å². The second-order valence-electron chi connectivity index (χ2n) is 4.80. The number of rotatable bonds is 3. The number of halogens is 2. The van der Waals surface area contributed by atoms with Gasteiger partial charge in [0.1, 0.15) is 0 Å². The molecule has 1 amide bonds. The number of aromatic nitrogens is 2. The van der Waals surface area contributed by atoms with E-state index in [0.717, 1.165) is 3.96 Å². The topological polar surface area (TPSA) is 81.1 Å². The summed E-state index contributed by atoms with van der Waals surface area (Å²) < 4.78 is 0.823. The predicted octanol–water partition coefficient (Wildman–Crippen LogP) is 3.55. The van der Waals surface area contributed by atoms with Gasteiger partial charge in [0.2, 0.25) is 5.13 Å². The van der Waals surface area contributed by atoms with Crippen molar-refractivity contribution < 1.29 is 9.59 Å². The van der Waals surface area contributed by atoms with Crippen LogP contribution in [0, 0.1) is 0 Å². The zero-order valence-corrected chi connectivity index (χ0v) is 14.7. The second-order valence-corrected chi connectivity index (χ2v) is 6.55. The molecule has 0 atom stereocenters. The third-order valence-electron chi connectivity index (χ3n) is 3.18. The minimum Gasteiger partial charge on any atom is -0.296 e. The molecule has 1 aromatic heterocycles. The van der Waals surface area contributed by atoms with Crippen molar-refractivity contribution in [3.8, 4) is 0 Å². The van der Waals surface area contributed by atoms with Crippen LogP contribution in [0.2, 0.25) is 10.0 Å². The molecule has 2 aromatic carbocycles. The average molecular weight is 394 g/mol. The molecule has 3 rings (SSSR count). The minimum atomic E-state index is -0.802. The molecule has 0 aliphatic heterocycles. The molecular weight excluding hydrogens is 385 g/mol. The molecule has 0 radical (unpaired) electrons. The quantitative estimate of drug-likeness (QED) is 0.737. The van der Waals surface area contributed by atoms with Crippen LogP contribution in [0.4, 0.5) is 5.13 Å². The van der Waals surface area contributed by atoms with Crippen LogP contribution in [0.25, 0.3) is 0 Å². The summed E-state index contributed by atoms with van der Waals surface area (Å²) in [5.74, 6) is -1.15. The highest BCUT2D eigenvalue weighted by atomic mass is 35.5. The van der Waals surface area contributed by atoms with Crippen LogP contribution in [0.3, 0.4) is 0 Å². The maximum absolute atomic E-state index is 12.4. The average Bonchev–Trinajstić information content (AvgIpc) is 2.95. The molecule has 0 spiro atoms. The number of nitrogens with one attached hydrogen (secondary N) is 1. The van der Waals surface area contributed by atoms with Gasteiger partial charge in [-0.25, -0.2) is 4.79 Å². The number of hydrogen-bond acceptors (Lipinski definition) is 5. The summed E-state index contributed by atoms with van der Waals surface area (Å²) in [6.07, 6.45) is 0. The molecule has 0 aliphatic carbocycles. The SMILES string of the molecule is O=C(Nc1nc(=O)n(C(=O)c2ccccc2Cl)s1)c1ccccc1Cl. The number of carbonyl (C=O) groups is 2. The Balaban J connectivity index is 1.87. The van der Waals surface area contributed by atoms with E-state index in [2.05, 4.69) is 10.3 Å². The van der Waals surface area contributed by atoms with Gasteiger partial charge in [-0.05, 0) is 35.8 Å². The fourth-order valence-corrected chi connectivity index (χ4v) is 3.18. The van der Waals surface area contributed by atoms with Crippen LogP contribution in [-0.4, -0.2) is 20.8 Å². The summed E-state index contributed by atoms with van der Waals surface area (Å²) in [6, 6.07) is 12.8. The molecule has 0 unspecified atom stereocenters. The lowest BCUT2D eigenvalue weighted by atomic mass is 10.2. The smallest absolute Gasteiger partial charge is 0.296 e. The largest absolute Gasteiger partial charge is 0.367 e. The van der Waals surface area contributed by atoms with E-state index in [-0.39, 0.29) is 26.3 Å². The van der Waals surface area contributed by atoms with Gasteiger partial charge in [-0.2, -0.15) is 8.94 Å². The van der Waals surface area contributed by atoms with E-state index in [9.17, 15) is 14.4 Å². The first-order valence-electron chi connectivity index (χ1n) is 6.93. The summed E-state index contributed by atoms with van der Waals surface area (Å²) in [4.78, 5) is 40.3. The van der Waals surface area contributed by atoms with Gasteiger partial charge in [-0.1, -0.05) is 47.5 Å². The van der Waals surface area contributed by atoms with Gasteiger partial charge in [0.15, 0.2) is 0 Å². The highest BCUT2D eigenvalue weighted by Gasteiger charge is 2.19. The number of hydrogen-bond donors (Lipinski definition) is 1. The summed E-state index contributed by atoms with van der Waals surface area (Å²) in [5, 5.41) is 2.92. The Morgan fingerprint density at radius 3 is 2.12 bits per heavy atom. The van der Waals surface area contributed by atoms with Crippen LogP contribution in [0.5, 0.6) is 0 Å². The van der Waals surface area contributed by atoms with E-state index in [1.807, 2.05) is 0 Å². The van der Waals surface area contributed by atoms with Crippen molar-refractivity contribution in [3.05, 3.63) is 80.2 Å². The molecule has 3 aromatic rings. The maximum Gasteiger partial charge on any atom is 0.367 e. The maximum atomic E-state index is 12.4. The second kappa shape index (κ2) is 7.18. The van der Waals surface area contributed by atoms with Gasteiger partial charge in [0.25, 0.3) is 11.8 Å². The summed E-state index contributed by atoms with van der Waals surface area (Å²) in [6.45, 7) is 0. The van der Waals surface area contributed by atoms with Gasteiger partial charge >= 0.3 is 5.69 Å².